The molecule has 1 atom stereocenters. The quantitative estimate of drug-likeness (QED) is 0.676. The average molecular weight is 445 g/mol. The number of rotatable bonds is 7. The average Bonchev–Trinajstić information content (AvgIpc) is 3.44. The van der Waals surface area contributed by atoms with Gasteiger partial charge in [-0.3, -0.25) is 9.69 Å². The summed E-state index contributed by atoms with van der Waals surface area (Å²) in [5.74, 6) is -0.461. The van der Waals surface area contributed by atoms with Gasteiger partial charge in [0.05, 0.1) is 17.5 Å². The lowest BCUT2D eigenvalue weighted by Crippen LogP contribution is -2.32. The van der Waals surface area contributed by atoms with E-state index in [-0.39, 0.29) is 23.1 Å². The van der Waals surface area contributed by atoms with Crippen molar-refractivity contribution in [2.24, 2.45) is 0 Å². The Kier molecular flexibility index (Phi) is 6.21. The van der Waals surface area contributed by atoms with E-state index in [0.717, 1.165) is 12.8 Å². The van der Waals surface area contributed by atoms with Crippen LogP contribution in [0.3, 0.4) is 0 Å². The highest BCUT2D eigenvalue weighted by molar-refractivity contribution is 7.89. The lowest BCUT2D eigenvalue weighted by molar-refractivity contribution is 0.102. The van der Waals surface area contributed by atoms with E-state index < -0.39 is 22.0 Å². The summed E-state index contributed by atoms with van der Waals surface area (Å²) in [5.41, 5.74) is 1.29. The first-order valence-corrected chi connectivity index (χ1v) is 11.5. The van der Waals surface area contributed by atoms with Gasteiger partial charge in [-0.1, -0.05) is 12.1 Å². The molecule has 0 aliphatic carbocycles. The number of nitrogens with zero attached hydrogens (tertiary/aromatic N) is 1. The highest BCUT2D eigenvalue weighted by Gasteiger charge is 2.24. The van der Waals surface area contributed by atoms with Crippen LogP contribution in [0.2, 0.25) is 0 Å². The van der Waals surface area contributed by atoms with Gasteiger partial charge < -0.3 is 14.8 Å². The van der Waals surface area contributed by atoms with Crippen LogP contribution in [0, 0.1) is 0 Å². The lowest BCUT2D eigenvalue weighted by Gasteiger charge is -2.14. The van der Waals surface area contributed by atoms with Crippen LogP contribution < -0.4 is 14.9 Å². The molecule has 2 aliphatic heterocycles. The number of benzene rings is 2. The Morgan fingerprint density at radius 3 is 2.71 bits per heavy atom. The second kappa shape index (κ2) is 9.04. The molecule has 2 heterocycles. The van der Waals surface area contributed by atoms with Gasteiger partial charge in [0.15, 0.2) is 0 Å². The van der Waals surface area contributed by atoms with Gasteiger partial charge in [0.25, 0.3) is 5.91 Å². The van der Waals surface area contributed by atoms with Crippen molar-refractivity contribution in [2.45, 2.75) is 23.8 Å². The highest BCUT2D eigenvalue weighted by atomic mass is 32.2. The first-order chi connectivity index (χ1) is 14.9. The number of anilines is 2. The molecule has 4 rings (SSSR count). The fraction of sp³-hybridized carbons (Fsp3) is 0.333. The summed E-state index contributed by atoms with van der Waals surface area (Å²) in [6, 6.07) is 12.6. The molecule has 2 aliphatic rings. The van der Waals surface area contributed by atoms with E-state index in [1.807, 2.05) is 0 Å². The smallest absolute Gasteiger partial charge is 0.414 e. The Morgan fingerprint density at radius 1 is 1.13 bits per heavy atom. The van der Waals surface area contributed by atoms with E-state index in [1.165, 1.54) is 29.2 Å². The molecule has 9 nitrogen and oxygen atoms in total. The van der Waals surface area contributed by atoms with Crippen LogP contribution in [0.1, 0.15) is 23.2 Å². The zero-order valence-corrected chi connectivity index (χ0v) is 17.6. The van der Waals surface area contributed by atoms with Crippen molar-refractivity contribution in [3.8, 4) is 0 Å². The minimum Gasteiger partial charge on any atom is -0.447 e. The van der Waals surface area contributed by atoms with Crippen molar-refractivity contribution in [2.75, 3.05) is 36.5 Å². The summed E-state index contributed by atoms with van der Waals surface area (Å²) in [6.45, 7) is 1.60. The summed E-state index contributed by atoms with van der Waals surface area (Å²) in [6.07, 6.45) is 1.18. The number of hydrogen-bond acceptors (Lipinski definition) is 6. The summed E-state index contributed by atoms with van der Waals surface area (Å²) in [7, 11) is -3.77. The van der Waals surface area contributed by atoms with Crippen LogP contribution in [0.4, 0.5) is 16.2 Å². The maximum atomic E-state index is 12.7. The van der Waals surface area contributed by atoms with E-state index in [2.05, 4.69) is 10.0 Å². The van der Waals surface area contributed by atoms with Gasteiger partial charge in [0.2, 0.25) is 10.0 Å². The van der Waals surface area contributed by atoms with E-state index in [4.69, 9.17) is 9.47 Å². The third-order valence-electron chi connectivity index (χ3n) is 5.11. The molecular weight excluding hydrogens is 422 g/mol. The largest absolute Gasteiger partial charge is 0.447 e. The van der Waals surface area contributed by atoms with Crippen molar-refractivity contribution in [1.29, 1.82) is 0 Å². The van der Waals surface area contributed by atoms with Crippen LogP contribution >= 0.6 is 0 Å². The van der Waals surface area contributed by atoms with Crippen molar-refractivity contribution >= 4 is 33.4 Å². The molecule has 10 heteroatoms. The number of hydrogen-bond donors (Lipinski definition) is 2. The van der Waals surface area contributed by atoms with Gasteiger partial charge in [0, 0.05) is 30.1 Å². The first kappa shape index (κ1) is 21.3. The van der Waals surface area contributed by atoms with Crippen LogP contribution in [0.25, 0.3) is 0 Å². The summed E-state index contributed by atoms with van der Waals surface area (Å²) >= 11 is 0. The number of carbonyl (C=O) groups excluding carboxylic acids is 2. The predicted octanol–water partition coefficient (Wildman–Crippen LogP) is 2.35. The Bertz CT molecular complexity index is 1080. The normalized spacial score (nSPS) is 18.8. The summed E-state index contributed by atoms with van der Waals surface area (Å²) < 4.78 is 38.1. The van der Waals surface area contributed by atoms with Crippen LogP contribution in [0.15, 0.2) is 53.4 Å². The summed E-state index contributed by atoms with van der Waals surface area (Å²) in [4.78, 5) is 25.9. The van der Waals surface area contributed by atoms with Crippen molar-refractivity contribution < 1.29 is 27.5 Å². The molecule has 31 heavy (non-hydrogen) atoms. The van der Waals surface area contributed by atoms with E-state index in [9.17, 15) is 18.0 Å². The zero-order chi connectivity index (χ0) is 21.8. The molecule has 2 fully saturated rings. The van der Waals surface area contributed by atoms with Gasteiger partial charge in [-0.25, -0.2) is 17.9 Å². The fourth-order valence-electron chi connectivity index (χ4n) is 3.48. The second-order valence-corrected chi connectivity index (χ2v) is 9.05. The van der Waals surface area contributed by atoms with Crippen molar-refractivity contribution in [3.63, 3.8) is 0 Å². The Hall–Kier alpha value is -2.95. The van der Waals surface area contributed by atoms with Crippen LogP contribution in [-0.4, -0.2) is 52.8 Å². The Labute approximate surface area is 180 Å². The molecule has 2 aromatic rings. The number of nitrogens with one attached hydrogen (secondary N) is 2. The molecule has 1 unspecified atom stereocenters. The van der Waals surface area contributed by atoms with Crippen LogP contribution in [0.5, 0.6) is 0 Å². The molecule has 0 aromatic heterocycles. The molecule has 0 saturated carbocycles. The molecule has 2 aromatic carbocycles. The van der Waals surface area contributed by atoms with Gasteiger partial charge in [-0.15, -0.1) is 0 Å². The monoisotopic (exact) mass is 445 g/mol. The summed E-state index contributed by atoms with van der Waals surface area (Å²) in [5, 5.41) is 2.74. The minimum absolute atomic E-state index is 0.00621. The maximum absolute atomic E-state index is 12.7. The second-order valence-electron chi connectivity index (χ2n) is 7.29. The Morgan fingerprint density at radius 2 is 1.97 bits per heavy atom. The third-order valence-corrected chi connectivity index (χ3v) is 6.53. The van der Waals surface area contributed by atoms with E-state index >= 15 is 0 Å². The molecule has 2 saturated heterocycles. The van der Waals surface area contributed by atoms with Crippen LogP contribution in [-0.2, 0) is 19.5 Å². The highest BCUT2D eigenvalue weighted by Crippen LogP contribution is 2.23. The molecule has 164 valence electrons. The molecular formula is C21H23N3O6S. The number of sulfonamides is 1. The number of carbonyl (C=O) groups is 2. The van der Waals surface area contributed by atoms with Gasteiger partial charge in [-0.05, 0) is 49.2 Å². The van der Waals surface area contributed by atoms with Gasteiger partial charge >= 0.3 is 6.09 Å². The van der Waals surface area contributed by atoms with Gasteiger partial charge in [0.1, 0.15) is 6.61 Å². The van der Waals surface area contributed by atoms with Crippen molar-refractivity contribution in [1.82, 2.24) is 4.72 Å². The lowest BCUT2D eigenvalue weighted by atomic mass is 10.2. The zero-order valence-electron chi connectivity index (χ0n) is 16.7. The van der Waals surface area contributed by atoms with E-state index in [1.54, 1.807) is 24.3 Å². The maximum Gasteiger partial charge on any atom is 0.414 e. The molecule has 0 spiro atoms. The van der Waals surface area contributed by atoms with E-state index in [0.29, 0.717) is 31.1 Å². The first-order valence-electron chi connectivity index (χ1n) is 9.99. The predicted molar refractivity (Wildman–Crippen MR) is 114 cm³/mol. The third kappa shape index (κ3) is 5.04. The molecule has 2 N–H and O–H groups in total. The minimum atomic E-state index is -3.77. The van der Waals surface area contributed by atoms with Gasteiger partial charge in [-0.2, -0.15) is 0 Å². The fourth-order valence-corrected chi connectivity index (χ4v) is 4.59. The standard InChI is InChI=1S/C21H23N3O6S/c25-20(23-16-5-2-6-17(13-16)24-9-11-30-21(24)26)15-4-1-8-19(12-15)31(27,28)22-14-18-7-3-10-29-18/h1-2,4-6,8,12-13,18,22H,3,7,9-11,14H2,(H,23,25). The molecule has 0 radical (unpaired) electrons. The SMILES string of the molecule is O=C(Nc1cccc(N2CCOC2=O)c1)c1cccc(S(=O)(=O)NCC2CCCO2)c1. The molecule has 0 bridgehead atoms. The Balaban J connectivity index is 1.45. The van der Waals surface area contributed by atoms with Crippen molar-refractivity contribution in [3.05, 3.63) is 54.1 Å². The number of cyclic esters (lactones) is 1. The molecule has 2 amide bonds. The number of ether oxygens (including phenoxy) is 2. The number of amides is 2. The topological polar surface area (TPSA) is 114 Å².